The van der Waals surface area contributed by atoms with Crippen molar-refractivity contribution in [3.05, 3.63) is 58.9 Å². The number of ether oxygens (including phenoxy) is 1. The van der Waals surface area contributed by atoms with Gasteiger partial charge in [0.2, 0.25) is 0 Å². The second-order valence-electron chi connectivity index (χ2n) is 3.59. The van der Waals surface area contributed by atoms with E-state index >= 15 is 0 Å². The van der Waals surface area contributed by atoms with Crippen molar-refractivity contribution in [1.29, 1.82) is 5.41 Å². The van der Waals surface area contributed by atoms with Crippen molar-refractivity contribution in [3.8, 4) is 11.5 Å². The quantitative estimate of drug-likeness (QED) is 0.665. The average Bonchev–Trinajstić information content (AvgIpc) is 2.34. The van der Waals surface area contributed by atoms with E-state index in [2.05, 4.69) is 0 Å². The lowest BCUT2D eigenvalue weighted by Crippen LogP contribution is -2.11. The molecule has 3 nitrogen and oxygen atoms in total. The first kappa shape index (κ1) is 15.3. The molecule has 0 spiro atoms. The summed E-state index contributed by atoms with van der Waals surface area (Å²) in [5.41, 5.74) is 5.57. The molecule has 3 N–H and O–H groups in total. The molecule has 0 bridgehead atoms. The third kappa shape index (κ3) is 3.59. The normalized spacial score (nSPS) is 9.58. The standard InChI is InChI=1S/C13H10ClFN2O.ClH/c14-9-3-1-2-4-11(9)18-12-6-5-8(13(16)17)7-10(12)15;/h1-7H,(H3,16,17);1H. The van der Waals surface area contributed by atoms with Gasteiger partial charge in [-0.3, -0.25) is 5.41 Å². The third-order valence-corrected chi connectivity index (χ3v) is 2.61. The van der Waals surface area contributed by atoms with Crippen LogP contribution in [-0.2, 0) is 0 Å². The molecule has 0 aliphatic heterocycles. The maximum absolute atomic E-state index is 13.7. The van der Waals surface area contributed by atoms with Crippen molar-refractivity contribution in [2.75, 3.05) is 0 Å². The zero-order valence-corrected chi connectivity index (χ0v) is 11.3. The molecule has 0 aliphatic carbocycles. The highest BCUT2D eigenvalue weighted by Gasteiger charge is 2.09. The minimum Gasteiger partial charge on any atom is -0.453 e. The van der Waals surface area contributed by atoms with Gasteiger partial charge >= 0.3 is 0 Å². The molecule has 6 heteroatoms. The Morgan fingerprint density at radius 1 is 1.16 bits per heavy atom. The van der Waals surface area contributed by atoms with E-state index in [0.29, 0.717) is 16.3 Å². The van der Waals surface area contributed by atoms with Crippen molar-refractivity contribution in [3.63, 3.8) is 0 Å². The summed E-state index contributed by atoms with van der Waals surface area (Å²) in [5, 5.41) is 7.60. The Bertz CT molecular complexity index is 605. The molecule has 0 atom stereocenters. The van der Waals surface area contributed by atoms with Gasteiger partial charge in [0.1, 0.15) is 11.6 Å². The predicted molar refractivity (Wildman–Crippen MR) is 76.2 cm³/mol. The molecule has 2 rings (SSSR count). The van der Waals surface area contributed by atoms with E-state index in [9.17, 15) is 4.39 Å². The van der Waals surface area contributed by atoms with Crippen molar-refractivity contribution in [2.45, 2.75) is 0 Å². The summed E-state index contributed by atoms with van der Waals surface area (Å²) in [6.45, 7) is 0. The fourth-order valence-corrected chi connectivity index (χ4v) is 1.57. The number of benzene rings is 2. The smallest absolute Gasteiger partial charge is 0.166 e. The Morgan fingerprint density at radius 2 is 1.84 bits per heavy atom. The van der Waals surface area contributed by atoms with Gasteiger partial charge in [-0.15, -0.1) is 12.4 Å². The van der Waals surface area contributed by atoms with Gasteiger partial charge in [-0.05, 0) is 30.3 Å². The van der Waals surface area contributed by atoms with Gasteiger partial charge in [0.15, 0.2) is 11.6 Å². The summed E-state index contributed by atoms with van der Waals surface area (Å²) in [6.07, 6.45) is 0. The van der Waals surface area contributed by atoms with Crippen molar-refractivity contribution in [1.82, 2.24) is 0 Å². The minimum atomic E-state index is -0.595. The Labute approximate surface area is 121 Å². The second-order valence-corrected chi connectivity index (χ2v) is 4.00. The van der Waals surface area contributed by atoms with Crippen LogP contribution < -0.4 is 10.5 Å². The molecule has 2 aromatic carbocycles. The predicted octanol–water partition coefficient (Wildman–Crippen LogP) is 3.98. The maximum atomic E-state index is 13.7. The molecule has 19 heavy (non-hydrogen) atoms. The van der Waals surface area contributed by atoms with Crippen LogP contribution in [0.15, 0.2) is 42.5 Å². The number of amidine groups is 1. The molecule has 0 saturated carbocycles. The van der Waals surface area contributed by atoms with Crippen LogP contribution in [0.1, 0.15) is 5.56 Å². The summed E-state index contributed by atoms with van der Waals surface area (Å²) < 4.78 is 19.1. The van der Waals surface area contributed by atoms with Gasteiger partial charge in [0.25, 0.3) is 0 Å². The van der Waals surface area contributed by atoms with Crippen LogP contribution in [-0.4, -0.2) is 5.84 Å². The number of nitrogens with two attached hydrogens (primary N) is 1. The molecule has 0 aliphatic rings. The van der Waals surface area contributed by atoms with E-state index in [1.807, 2.05) is 0 Å². The topological polar surface area (TPSA) is 59.1 Å². The molecule has 0 aromatic heterocycles. The molecule has 2 aromatic rings. The van der Waals surface area contributed by atoms with Crippen LogP contribution in [0.3, 0.4) is 0 Å². The highest BCUT2D eigenvalue weighted by molar-refractivity contribution is 6.32. The van der Waals surface area contributed by atoms with Crippen LogP contribution in [0.5, 0.6) is 11.5 Å². The van der Waals surface area contributed by atoms with E-state index in [1.54, 1.807) is 24.3 Å². The maximum Gasteiger partial charge on any atom is 0.166 e. The molecular weight excluding hydrogens is 290 g/mol. The first-order valence-corrected chi connectivity index (χ1v) is 5.52. The molecule has 0 heterocycles. The number of rotatable bonds is 3. The Kier molecular flexibility index (Phi) is 5.15. The molecule has 0 fully saturated rings. The second kappa shape index (κ2) is 6.41. The molecule has 100 valence electrons. The number of hydrogen-bond donors (Lipinski definition) is 2. The summed E-state index contributed by atoms with van der Waals surface area (Å²) in [4.78, 5) is 0. The number of nitrogen functional groups attached to an aromatic ring is 1. The van der Waals surface area contributed by atoms with Gasteiger partial charge < -0.3 is 10.5 Å². The van der Waals surface area contributed by atoms with Crippen LogP contribution >= 0.6 is 24.0 Å². The number of para-hydroxylation sites is 1. The lowest BCUT2D eigenvalue weighted by molar-refractivity contribution is 0.442. The van der Waals surface area contributed by atoms with E-state index in [4.69, 9.17) is 27.5 Å². The van der Waals surface area contributed by atoms with Crippen LogP contribution in [0.2, 0.25) is 5.02 Å². The monoisotopic (exact) mass is 300 g/mol. The molecule has 0 unspecified atom stereocenters. The largest absolute Gasteiger partial charge is 0.453 e. The number of nitrogens with one attached hydrogen (secondary N) is 1. The third-order valence-electron chi connectivity index (χ3n) is 2.30. The van der Waals surface area contributed by atoms with Crippen LogP contribution in [0.4, 0.5) is 4.39 Å². The first-order chi connectivity index (χ1) is 8.58. The van der Waals surface area contributed by atoms with Crippen LogP contribution in [0.25, 0.3) is 0 Å². The van der Waals surface area contributed by atoms with E-state index in [-0.39, 0.29) is 24.0 Å². The Morgan fingerprint density at radius 3 is 2.42 bits per heavy atom. The minimum absolute atomic E-state index is 0. The highest BCUT2D eigenvalue weighted by Crippen LogP contribution is 2.30. The molecule has 0 radical (unpaired) electrons. The highest BCUT2D eigenvalue weighted by atomic mass is 35.5. The zero-order chi connectivity index (χ0) is 13.1. The van der Waals surface area contributed by atoms with Gasteiger partial charge in [0, 0.05) is 5.56 Å². The van der Waals surface area contributed by atoms with E-state index in [0.717, 1.165) is 6.07 Å². The van der Waals surface area contributed by atoms with Gasteiger partial charge in [-0.1, -0.05) is 23.7 Å². The Balaban J connectivity index is 0.00000180. The Hall–Kier alpha value is -1.78. The zero-order valence-electron chi connectivity index (χ0n) is 9.69. The molecular formula is C13H11Cl2FN2O. The fourth-order valence-electron chi connectivity index (χ4n) is 1.40. The van der Waals surface area contributed by atoms with Crippen molar-refractivity contribution >= 4 is 29.8 Å². The van der Waals surface area contributed by atoms with Gasteiger partial charge in [-0.2, -0.15) is 0 Å². The molecule has 0 saturated heterocycles. The fraction of sp³-hybridized carbons (Fsp3) is 0. The van der Waals surface area contributed by atoms with E-state index < -0.39 is 5.82 Å². The van der Waals surface area contributed by atoms with Crippen molar-refractivity contribution in [2.24, 2.45) is 5.73 Å². The molecule has 0 amide bonds. The van der Waals surface area contributed by atoms with E-state index in [1.165, 1.54) is 12.1 Å². The van der Waals surface area contributed by atoms with Crippen LogP contribution in [0, 0.1) is 11.2 Å². The summed E-state index contributed by atoms with van der Waals surface area (Å²) >= 11 is 5.91. The summed E-state index contributed by atoms with van der Waals surface area (Å²) in [7, 11) is 0. The van der Waals surface area contributed by atoms with Gasteiger partial charge in [-0.25, -0.2) is 4.39 Å². The van der Waals surface area contributed by atoms with Crippen molar-refractivity contribution < 1.29 is 9.13 Å². The number of hydrogen-bond acceptors (Lipinski definition) is 2. The average molecular weight is 301 g/mol. The summed E-state index contributed by atoms with van der Waals surface area (Å²) in [5.74, 6) is -0.387. The summed E-state index contributed by atoms with van der Waals surface area (Å²) in [6, 6.07) is 10.9. The SMILES string of the molecule is Cl.N=C(N)c1ccc(Oc2ccccc2Cl)c(F)c1. The lowest BCUT2D eigenvalue weighted by atomic mass is 10.2. The van der Waals surface area contributed by atoms with Gasteiger partial charge in [0.05, 0.1) is 5.02 Å². The number of halogens is 3. The lowest BCUT2D eigenvalue weighted by Gasteiger charge is -2.09. The first-order valence-electron chi connectivity index (χ1n) is 5.14.